The monoisotopic (exact) mass is 294 g/mol. The quantitative estimate of drug-likeness (QED) is 0.795. The molecular weight excluding hydrogens is 264 g/mol. The third kappa shape index (κ3) is 5.36. The number of anilines is 3. The maximum atomic E-state index is 4.56. The Morgan fingerprint density at radius 2 is 1.62 bits per heavy atom. The van der Waals surface area contributed by atoms with Crippen molar-refractivity contribution in [2.24, 2.45) is 5.92 Å². The van der Waals surface area contributed by atoms with Crippen molar-refractivity contribution in [2.45, 2.75) is 46.6 Å². The predicted octanol–water partition coefficient (Wildman–Crippen LogP) is 2.63. The number of aromatic nitrogens is 3. The fourth-order valence-electron chi connectivity index (χ4n) is 2.06. The molecule has 0 aliphatic rings. The normalized spacial score (nSPS) is 12.4. The average molecular weight is 294 g/mol. The van der Waals surface area contributed by atoms with Crippen LogP contribution in [-0.2, 0) is 0 Å². The van der Waals surface area contributed by atoms with Gasteiger partial charge in [-0.1, -0.05) is 20.8 Å². The second kappa shape index (κ2) is 8.00. The molecule has 1 N–H and O–H groups in total. The van der Waals surface area contributed by atoms with Gasteiger partial charge in [-0.25, -0.2) is 0 Å². The van der Waals surface area contributed by atoms with Crippen LogP contribution in [-0.4, -0.2) is 48.7 Å². The highest BCUT2D eigenvalue weighted by molar-refractivity contribution is 5.44. The average Bonchev–Trinajstić information content (AvgIpc) is 2.43. The van der Waals surface area contributed by atoms with Crippen LogP contribution in [0.1, 0.15) is 40.5 Å². The number of nitrogens with one attached hydrogen (secondary N) is 1. The minimum absolute atomic E-state index is 0.390. The van der Waals surface area contributed by atoms with E-state index in [1.807, 2.05) is 26.0 Å². The maximum absolute atomic E-state index is 4.56. The van der Waals surface area contributed by atoms with Gasteiger partial charge in [0, 0.05) is 33.7 Å². The number of hydrogen-bond donors (Lipinski definition) is 1. The first-order chi connectivity index (χ1) is 9.85. The van der Waals surface area contributed by atoms with Gasteiger partial charge < -0.3 is 15.1 Å². The summed E-state index contributed by atoms with van der Waals surface area (Å²) < 4.78 is 0. The van der Waals surface area contributed by atoms with Crippen LogP contribution < -0.4 is 15.1 Å². The Kier molecular flexibility index (Phi) is 6.65. The molecular formula is C15H30N6. The fraction of sp³-hybridized carbons (Fsp3) is 0.800. The summed E-state index contributed by atoms with van der Waals surface area (Å²) >= 11 is 0. The predicted molar refractivity (Wildman–Crippen MR) is 90.3 cm³/mol. The van der Waals surface area contributed by atoms with Gasteiger partial charge in [-0.05, 0) is 25.7 Å². The Morgan fingerprint density at radius 3 is 2.14 bits per heavy atom. The van der Waals surface area contributed by atoms with E-state index in [0.717, 1.165) is 25.3 Å². The van der Waals surface area contributed by atoms with E-state index in [1.54, 1.807) is 0 Å². The number of rotatable bonds is 8. The van der Waals surface area contributed by atoms with Crippen molar-refractivity contribution >= 4 is 17.8 Å². The Morgan fingerprint density at radius 1 is 1.00 bits per heavy atom. The molecule has 1 heterocycles. The van der Waals surface area contributed by atoms with Gasteiger partial charge in [0.05, 0.1) is 0 Å². The Hall–Kier alpha value is -1.59. The van der Waals surface area contributed by atoms with Gasteiger partial charge in [0.1, 0.15) is 0 Å². The van der Waals surface area contributed by atoms with Crippen LogP contribution in [0.4, 0.5) is 17.8 Å². The molecule has 0 amide bonds. The van der Waals surface area contributed by atoms with E-state index in [1.165, 1.54) is 0 Å². The van der Waals surface area contributed by atoms with Gasteiger partial charge in [0.15, 0.2) is 0 Å². The van der Waals surface area contributed by atoms with E-state index in [0.29, 0.717) is 23.9 Å². The van der Waals surface area contributed by atoms with Gasteiger partial charge in [0.25, 0.3) is 0 Å². The first-order valence-corrected chi connectivity index (χ1v) is 7.75. The molecule has 0 aromatic carbocycles. The molecule has 0 spiro atoms. The molecule has 1 aromatic rings. The molecule has 6 nitrogen and oxygen atoms in total. The minimum Gasteiger partial charge on any atom is -0.354 e. The van der Waals surface area contributed by atoms with Crippen LogP contribution >= 0.6 is 0 Å². The molecule has 0 aliphatic heterocycles. The molecule has 0 saturated carbocycles. The molecule has 6 heteroatoms. The van der Waals surface area contributed by atoms with E-state index in [9.17, 15) is 0 Å². The van der Waals surface area contributed by atoms with Crippen molar-refractivity contribution < 1.29 is 0 Å². The first-order valence-electron chi connectivity index (χ1n) is 7.75. The molecule has 0 aliphatic carbocycles. The first kappa shape index (κ1) is 17.5. The van der Waals surface area contributed by atoms with E-state index in [2.05, 4.69) is 52.9 Å². The van der Waals surface area contributed by atoms with Crippen LogP contribution in [0.25, 0.3) is 0 Å². The van der Waals surface area contributed by atoms with E-state index >= 15 is 0 Å². The third-order valence-corrected chi connectivity index (χ3v) is 3.33. The summed E-state index contributed by atoms with van der Waals surface area (Å²) in [5.74, 6) is 2.70. The van der Waals surface area contributed by atoms with Crippen molar-refractivity contribution in [2.75, 3.05) is 42.8 Å². The second-order valence-corrected chi connectivity index (χ2v) is 6.17. The zero-order chi connectivity index (χ0) is 16.0. The lowest BCUT2D eigenvalue weighted by molar-refractivity contribution is 0.499. The van der Waals surface area contributed by atoms with Gasteiger partial charge >= 0.3 is 0 Å². The molecule has 1 aromatic heterocycles. The summed E-state index contributed by atoms with van der Waals surface area (Å²) in [6.07, 6.45) is 2.15. The summed E-state index contributed by atoms with van der Waals surface area (Å²) in [5.41, 5.74) is 0. The second-order valence-electron chi connectivity index (χ2n) is 6.17. The van der Waals surface area contributed by atoms with Crippen molar-refractivity contribution in [3.8, 4) is 0 Å². The standard InChI is InChI=1S/C15H30N6/c1-8-9-16-13-17-14(20(5)6)19-15(18-13)21(7)12(4)10-11(2)3/h11-12H,8-10H2,1-7H3,(H,16,17,18,19). The largest absolute Gasteiger partial charge is 0.354 e. The summed E-state index contributed by atoms with van der Waals surface area (Å²) in [5, 5.41) is 3.25. The zero-order valence-corrected chi connectivity index (χ0v) is 14.5. The smallest absolute Gasteiger partial charge is 0.231 e. The van der Waals surface area contributed by atoms with Gasteiger partial charge in [-0.2, -0.15) is 15.0 Å². The van der Waals surface area contributed by atoms with Gasteiger partial charge in [-0.15, -0.1) is 0 Å². The topological polar surface area (TPSA) is 57.2 Å². The lowest BCUT2D eigenvalue weighted by Crippen LogP contribution is -2.32. The lowest BCUT2D eigenvalue weighted by atomic mass is 10.0. The van der Waals surface area contributed by atoms with Gasteiger partial charge in [0.2, 0.25) is 17.8 Å². The van der Waals surface area contributed by atoms with Crippen LogP contribution in [0.15, 0.2) is 0 Å². The molecule has 1 atom stereocenters. The van der Waals surface area contributed by atoms with E-state index < -0.39 is 0 Å². The molecule has 21 heavy (non-hydrogen) atoms. The highest BCUT2D eigenvalue weighted by Gasteiger charge is 2.17. The molecule has 0 fully saturated rings. The Labute approximate surface area is 129 Å². The van der Waals surface area contributed by atoms with Crippen LogP contribution in [0.2, 0.25) is 0 Å². The zero-order valence-electron chi connectivity index (χ0n) is 14.5. The molecule has 1 unspecified atom stereocenters. The Balaban J connectivity index is 3.00. The highest BCUT2D eigenvalue weighted by atomic mass is 15.3. The van der Waals surface area contributed by atoms with E-state index in [4.69, 9.17) is 0 Å². The summed E-state index contributed by atoms with van der Waals surface area (Å²) in [6, 6.07) is 0.390. The summed E-state index contributed by atoms with van der Waals surface area (Å²) in [4.78, 5) is 17.6. The van der Waals surface area contributed by atoms with Gasteiger partial charge in [-0.3, -0.25) is 0 Å². The van der Waals surface area contributed by atoms with Crippen molar-refractivity contribution in [1.82, 2.24) is 15.0 Å². The molecule has 0 saturated heterocycles. The highest BCUT2D eigenvalue weighted by Crippen LogP contribution is 2.19. The minimum atomic E-state index is 0.390. The lowest BCUT2D eigenvalue weighted by Gasteiger charge is -2.27. The van der Waals surface area contributed by atoms with Crippen LogP contribution in [0.5, 0.6) is 0 Å². The number of hydrogen-bond acceptors (Lipinski definition) is 6. The van der Waals surface area contributed by atoms with Crippen molar-refractivity contribution in [1.29, 1.82) is 0 Å². The van der Waals surface area contributed by atoms with Crippen LogP contribution in [0.3, 0.4) is 0 Å². The molecule has 0 radical (unpaired) electrons. The fourth-order valence-corrected chi connectivity index (χ4v) is 2.06. The third-order valence-electron chi connectivity index (χ3n) is 3.33. The molecule has 120 valence electrons. The van der Waals surface area contributed by atoms with Crippen molar-refractivity contribution in [3.63, 3.8) is 0 Å². The SMILES string of the molecule is CCCNc1nc(N(C)C)nc(N(C)C(C)CC(C)C)n1. The van der Waals surface area contributed by atoms with Crippen LogP contribution in [0, 0.1) is 5.92 Å². The van der Waals surface area contributed by atoms with E-state index in [-0.39, 0.29) is 0 Å². The summed E-state index contributed by atoms with van der Waals surface area (Å²) in [7, 11) is 5.94. The number of nitrogens with zero attached hydrogens (tertiary/aromatic N) is 5. The molecule has 1 rings (SSSR count). The van der Waals surface area contributed by atoms with Crippen molar-refractivity contribution in [3.05, 3.63) is 0 Å². The summed E-state index contributed by atoms with van der Waals surface area (Å²) in [6.45, 7) is 9.66. The maximum Gasteiger partial charge on any atom is 0.231 e. The molecule has 0 bridgehead atoms. The Bertz CT molecular complexity index is 432.